The molecule has 1 rings (SSSR count). The van der Waals surface area contributed by atoms with Gasteiger partial charge < -0.3 is 19.7 Å². The van der Waals surface area contributed by atoms with Crippen LogP contribution in [0.25, 0.3) is 0 Å². The van der Waals surface area contributed by atoms with Crippen LogP contribution >= 0.6 is 0 Å². The SMILES string of the molecule is COC(=O)C(O)Cc1ccc(O)c(OC(F)(F)F)c1. The predicted octanol–water partition coefficient (Wildman–Crippen LogP) is 1.37. The Morgan fingerprint density at radius 3 is 2.58 bits per heavy atom. The van der Waals surface area contributed by atoms with Gasteiger partial charge in [0.2, 0.25) is 0 Å². The fourth-order valence-corrected chi connectivity index (χ4v) is 1.33. The molecule has 0 bridgehead atoms. The van der Waals surface area contributed by atoms with E-state index in [1.165, 1.54) is 6.07 Å². The molecule has 0 spiro atoms. The minimum atomic E-state index is -4.95. The highest BCUT2D eigenvalue weighted by atomic mass is 19.4. The largest absolute Gasteiger partial charge is 0.573 e. The number of hydrogen-bond donors (Lipinski definition) is 2. The van der Waals surface area contributed by atoms with Crippen molar-refractivity contribution in [2.24, 2.45) is 0 Å². The Bertz CT molecular complexity index is 458. The van der Waals surface area contributed by atoms with Crippen LogP contribution in [0.5, 0.6) is 11.5 Å². The van der Waals surface area contributed by atoms with Crippen LogP contribution in [0.4, 0.5) is 13.2 Å². The number of esters is 1. The molecule has 0 saturated carbocycles. The van der Waals surface area contributed by atoms with Crippen LogP contribution in [0.2, 0.25) is 0 Å². The molecule has 1 aromatic carbocycles. The van der Waals surface area contributed by atoms with Crippen molar-refractivity contribution in [3.05, 3.63) is 23.8 Å². The van der Waals surface area contributed by atoms with Crippen molar-refractivity contribution in [1.29, 1.82) is 0 Å². The molecular formula is C11H11F3O5. The van der Waals surface area contributed by atoms with Crippen LogP contribution in [0, 0.1) is 0 Å². The van der Waals surface area contributed by atoms with Crippen molar-refractivity contribution < 1.29 is 37.7 Å². The number of alkyl halides is 3. The Morgan fingerprint density at radius 1 is 1.42 bits per heavy atom. The number of phenols is 1. The lowest BCUT2D eigenvalue weighted by Crippen LogP contribution is -2.24. The Labute approximate surface area is 106 Å². The Morgan fingerprint density at radius 2 is 2.05 bits per heavy atom. The van der Waals surface area contributed by atoms with Gasteiger partial charge >= 0.3 is 12.3 Å². The molecule has 8 heteroatoms. The summed E-state index contributed by atoms with van der Waals surface area (Å²) in [6.45, 7) is 0. The van der Waals surface area contributed by atoms with Gasteiger partial charge in [-0.05, 0) is 17.7 Å². The Kier molecular flexibility index (Phi) is 4.60. The monoisotopic (exact) mass is 280 g/mol. The second kappa shape index (κ2) is 5.79. The molecule has 1 atom stereocenters. The van der Waals surface area contributed by atoms with Crippen LogP contribution in [0.1, 0.15) is 5.56 Å². The van der Waals surface area contributed by atoms with E-state index in [0.29, 0.717) is 0 Å². The topological polar surface area (TPSA) is 76.0 Å². The maximum absolute atomic E-state index is 12.0. The lowest BCUT2D eigenvalue weighted by molar-refractivity contribution is -0.275. The molecule has 0 aliphatic carbocycles. The van der Waals surface area contributed by atoms with E-state index in [0.717, 1.165) is 19.2 Å². The van der Waals surface area contributed by atoms with E-state index in [2.05, 4.69) is 9.47 Å². The maximum Gasteiger partial charge on any atom is 0.573 e. The first-order valence-electron chi connectivity index (χ1n) is 5.06. The van der Waals surface area contributed by atoms with Gasteiger partial charge in [0.15, 0.2) is 17.6 Å². The van der Waals surface area contributed by atoms with Gasteiger partial charge in [0.1, 0.15) is 0 Å². The summed E-state index contributed by atoms with van der Waals surface area (Å²) >= 11 is 0. The highest BCUT2D eigenvalue weighted by Gasteiger charge is 2.32. The van der Waals surface area contributed by atoms with Crippen LogP contribution in [-0.4, -0.2) is 35.8 Å². The molecule has 1 unspecified atom stereocenters. The molecule has 19 heavy (non-hydrogen) atoms. The number of carbonyl (C=O) groups excluding carboxylic acids is 1. The zero-order valence-electron chi connectivity index (χ0n) is 9.77. The summed E-state index contributed by atoms with van der Waals surface area (Å²) in [5.74, 6) is -2.41. The molecule has 0 aliphatic rings. The van der Waals surface area contributed by atoms with Crippen molar-refractivity contribution >= 4 is 5.97 Å². The van der Waals surface area contributed by atoms with Crippen molar-refractivity contribution in [1.82, 2.24) is 0 Å². The zero-order chi connectivity index (χ0) is 14.6. The van der Waals surface area contributed by atoms with Crippen LogP contribution in [-0.2, 0) is 16.0 Å². The summed E-state index contributed by atoms with van der Waals surface area (Å²) in [7, 11) is 1.07. The molecule has 5 nitrogen and oxygen atoms in total. The summed E-state index contributed by atoms with van der Waals surface area (Å²) in [6, 6.07) is 3.11. The zero-order valence-corrected chi connectivity index (χ0v) is 9.77. The standard InChI is InChI=1S/C11H11F3O5/c1-18-10(17)8(16)4-6-2-3-7(15)9(5-6)19-11(12,13)14/h2-3,5,8,15-16H,4H2,1H3. The van der Waals surface area contributed by atoms with E-state index in [-0.39, 0.29) is 12.0 Å². The third-order valence-corrected chi connectivity index (χ3v) is 2.15. The van der Waals surface area contributed by atoms with Crippen LogP contribution in [0.3, 0.4) is 0 Å². The molecular weight excluding hydrogens is 269 g/mol. The average Bonchev–Trinajstić information content (AvgIpc) is 2.30. The molecule has 106 valence electrons. The van der Waals surface area contributed by atoms with Crippen molar-refractivity contribution in [3.63, 3.8) is 0 Å². The van der Waals surface area contributed by atoms with Gasteiger partial charge in [-0.2, -0.15) is 0 Å². The van der Waals surface area contributed by atoms with E-state index in [1.807, 2.05) is 0 Å². The first-order valence-corrected chi connectivity index (χ1v) is 5.06. The van der Waals surface area contributed by atoms with Crippen molar-refractivity contribution in [2.75, 3.05) is 7.11 Å². The number of carbonyl (C=O) groups is 1. The van der Waals surface area contributed by atoms with Gasteiger partial charge in [-0.15, -0.1) is 13.2 Å². The summed E-state index contributed by atoms with van der Waals surface area (Å²) in [4.78, 5) is 11.0. The molecule has 2 N–H and O–H groups in total. The van der Waals surface area contributed by atoms with Gasteiger partial charge in [0.05, 0.1) is 7.11 Å². The number of phenolic OH excluding ortho intramolecular Hbond substituents is 1. The fourth-order valence-electron chi connectivity index (χ4n) is 1.33. The summed E-state index contributed by atoms with van der Waals surface area (Å²) in [6.07, 6.45) is -6.72. The van der Waals surface area contributed by atoms with Gasteiger partial charge in [-0.1, -0.05) is 6.07 Å². The second-order valence-electron chi connectivity index (χ2n) is 3.59. The number of aliphatic hydroxyl groups is 1. The molecule has 0 aliphatic heterocycles. The number of hydrogen-bond acceptors (Lipinski definition) is 5. The summed E-state index contributed by atoms with van der Waals surface area (Å²) in [5.41, 5.74) is 0.176. The van der Waals surface area contributed by atoms with Gasteiger partial charge in [0, 0.05) is 6.42 Å². The summed E-state index contributed by atoms with van der Waals surface area (Å²) in [5, 5.41) is 18.6. The highest BCUT2D eigenvalue weighted by Crippen LogP contribution is 2.32. The Hall–Kier alpha value is -1.96. The van der Waals surface area contributed by atoms with Crippen LogP contribution < -0.4 is 4.74 Å². The quantitative estimate of drug-likeness (QED) is 0.815. The number of aromatic hydroxyl groups is 1. The third-order valence-electron chi connectivity index (χ3n) is 2.15. The van der Waals surface area contributed by atoms with E-state index < -0.39 is 29.9 Å². The van der Waals surface area contributed by atoms with E-state index in [9.17, 15) is 28.2 Å². The number of rotatable bonds is 4. The third kappa shape index (κ3) is 4.66. The number of halogens is 3. The molecule has 0 saturated heterocycles. The fraction of sp³-hybridized carbons (Fsp3) is 0.364. The normalized spacial score (nSPS) is 12.9. The lowest BCUT2D eigenvalue weighted by Gasteiger charge is -2.13. The minimum Gasteiger partial charge on any atom is -0.504 e. The van der Waals surface area contributed by atoms with Gasteiger partial charge in [-0.3, -0.25) is 0 Å². The minimum absolute atomic E-state index is 0.176. The van der Waals surface area contributed by atoms with Gasteiger partial charge in [-0.25, -0.2) is 4.79 Å². The molecule has 0 amide bonds. The van der Waals surface area contributed by atoms with E-state index in [1.54, 1.807) is 0 Å². The highest BCUT2D eigenvalue weighted by molar-refractivity contribution is 5.74. The number of methoxy groups -OCH3 is 1. The van der Waals surface area contributed by atoms with Crippen molar-refractivity contribution in [3.8, 4) is 11.5 Å². The number of aliphatic hydroxyl groups excluding tert-OH is 1. The predicted molar refractivity (Wildman–Crippen MR) is 56.5 cm³/mol. The molecule has 0 radical (unpaired) electrons. The van der Waals surface area contributed by atoms with E-state index in [4.69, 9.17) is 0 Å². The molecule has 0 aromatic heterocycles. The maximum atomic E-state index is 12.0. The Balaban J connectivity index is 2.87. The molecule has 0 fully saturated rings. The molecule has 1 aromatic rings. The number of benzene rings is 1. The van der Waals surface area contributed by atoms with Crippen molar-refractivity contribution in [2.45, 2.75) is 18.9 Å². The molecule has 0 heterocycles. The van der Waals surface area contributed by atoms with E-state index >= 15 is 0 Å². The average molecular weight is 280 g/mol. The second-order valence-corrected chi connectivity index (χ2v) is 3.59. The summed E-state index contributed by atoms with van der Waals surface area (Å²) < 4.78 is 44.0. The first kappa shape index (κ1) is 15.1. The number of ether oxygens (including phenoxy) is 2. The smallest absolute Gasteiger partial charge is 0.504 e. The lowest BCUT2D eigenvalue weighted by atomic mass is 10.1. The van der Waals surface area contributed by atoms with Gasteiger partial charge in [0.25, 0.3) is 0 Å². The van der Waals surface area contributed by atoms with Crippen LogP contribution in [0.15, 0.2) is 18.2 Å². The first-order chi connectivity index (χ1) is 8.73.